The first-order valence-corrected chi connectivity index (χ1v) is 5.04. The summed E-state index contributed by atoms with van der Waals surface area (Å²) in [5.74, 6) is 0. The molecule has 1 aromatic rings. The van der Waals surface area contributed by atoms with Crippen LogP contribution in [0.4, 0.5) is 0 Å². The van der Waals surface area contributed by atoms with E-state index in [4.69, 9.17) is 5.11 Å². The SMILES string of the molecule is Cc1ccc(CN[C@H](C)CO)cc1C. The number of rotatable bonds is 4. The highest BCUT2D eigenvalue weighted by molar-refractivity contribution is 5.29. The van der Waals surface area contributed by atoms with Gasteiger partial charge in [0.05, 0.1) is 6.61 Å². The summed E-state index contributed by atoms with van der Waals surface area (Å²) in [6.45, 7) is 7.21. The monoisotopic (exact) mass is 193 g/mol. The van der Waals surface area contributed by atoms with Crippen LogP contribution in [0.25, 0.3) is 0 Å². The number of hydrogen-bond donors (Lipinski definition) is 2. The molecule has 0 bridgehead atoms. The number of nitrogens with one attached hydrogen (secondary N) is 1. The van der Waals surface area contributed by atoms with Gasteiger partial charge >= 0.3 is 0 Å². The van der Waals surface area contributed by atoms with Gasteiger partial charge in [-0.25, -0.2) is 0 Å². The van der Waals surface area contributed by atoms with E-state index in [0.717, 1.165) is 6.54 Å². The Balaban J connectivity index is 2.55. The van der Waals surface area contributed by atoms with Crippen molar-refractivity contribution in [1.82, 2.24) is 5.32 Å². The lowest BCUT2D eigenvalue weighted by molar-refractivity contribution is 0.251. The van der Waals surface area contributed by atoms with E-state index in [1.807, 2.05) is 6.92 Å². The third kappa shape index (κ3) is 3.13. The maximum atomic E-state index is 8.85. The van der Waals surface area contributed by atoms with Crippen molar-refractivity contribution < 1.29 is 5.11 Å². The van der Waals surface area contributed by atoms with Gasteiger partial charge in [-0.3, -0.25) is 0 Å². The van der Waals surface area contributed by atoms with Gasteiger partial charge in [0.1, 0.15) is 0 Å². The van der Waals surface area contributed by atoms with Crippen molar-refractivity contribution in [3.8, 4) is 0 Å². The zero-order chi connectivity index (χ0) is 10.6. The third-order valence-electron chi connectivity index (χ3n) is 2.50. The molecule has 0 radical (unpaired) electrons. The van der Waals surface area contributed by atoms with Gasteiger partial charge in [0, 0.05) is 12.6 Å². The molecular formula is C12H19NO. The van der Waals surface area contributed by atoms with E-state index in [9.17, 15) is 0 Å². The van der Waals surface area contributed by atoms with Crippen molar-refractivity contribution >= 4 is 0 Å². The molecule has 0 amide bonds. The Bertz CT molecular complexity index is 296. The highest BCUT2D eigenvalue weighted by Gasteiger charge is 2.00. The number of aryl methyl sites for hydroxylation is 2. The van der Waals surface area contributed by atoms with Crippen molar-refractivity contribution in [2.45, 2.75) is 33.4 Å². The molecule has 1 aromatic carbocycles. The van der Waals surface area contributed by atoms with E-state index in [0.29, 0.717) is 0 Å². The minimum atomic E-state index is 0.164. The van der Waals surface area contributed by atoms with Crippen LogP contribution in [-0.4, -0.2) is 17.8 Å². The second-order valence-corrected chi connectivity index (χ2v) is 3.88. The van der Waals surface area contributed by atoms with Gasteiger partial charge in [-0.05, 0) is 37.5 Å². The van der Waals surface area contributed by atoms with Crippen LogP contribution in [0, 0.1) is 13.8 Å². The highest BCUT2D eigenvalue weighted by atomic mass is 16.3. The molecule has 1 rings (SSSR count). The van der Waals surface area contributed by atoms with Gasteiger partial charge in [0.15, 0.2) is 0 Å². The average molecular weight is 193 g/mol. The van der Waals surface area contributed by atoms with Crippen LogP contribution in [0.15, 0.2) is 18.2 Å². The lowest BCUT2D eigenvalue weighted by atomic mass is 10.1. The molecule has 78 valence electrons. The van der Waals surface area contributed by atoms with Crippen LogP contribution in [0.2, 0.25) is 0 Å². The van der Waals surface area contributed by atoms with Crippen molar-refractivity contribution in [2.75, 3.05) is 6.61 Å². The number of hydrogen-bond acceptors (Lipinski definition) is 2. The highest BCUT2D eigenvalue weighted by Crippen LogP contribution is 2.09. The van der Waals surface area contributed by atoms with Crippen LogP contribution in [0.5, 0.6) is 0 Å². The predicted octanol–water partition coefficient (Wildman–Crippen LogP) is 1.77. The summed E-state index contributed by atoms with van der Waals surface area (Å²) in [6, 6.07) is 6.61. The summed E-state index contributed by atoms with van der Waals surface area (Å²) in [7, 11) is 0. The molecule has 1 atom stereocenters. The molecule has 0 saturated carbocycles. The minimum Gasteiger partial charge on any atom is -0.395 e. The second kappa shape index (κ2) is 5.13. The lowest BCUT2D eigenvalue weighted by Gasteiger charge is -2.11. The van der Waals surface area contributed by atoms with Crippen molar-refractivity contribution in [3.63, 3.8) is 0 Å². The zero-order valence-electron chi connectivity index (χ0n) is 9.17. The topological polar surface area (TPSA) is 32.3 Å². The summed E-state index contributed by atoms with van der Waals surface area (Å²) >= 11 is 0. The summed E-state index contributed by atoms with van der Waals surface area (Å²) in [4.78, 5) is 0. The van der Waals surface area contributed by atoms with E-state index < -0.39 is 0 Å². The molecule has 0 aliphatic carbocycles. The van der Waals surface area contributed by atoms with Gasteiger partial charge in [0.25, 0.3) is 0 Å². The molecule has 0 spiro atoms. The summed E-state index contributed by atoms with van der Waals surface area (Å²) in [5, 5.41) is 12.1. The fraction of sp³-hybridized carbons (Fsp3) is 0.500. The van der Waals surface area contributed by atoms with Crippen LogP contribution in [0.1, 0.15) is 23.6 Å². The van der Waals surface area contributed by atoms with Crippen LogP contribution >= 0.6 is 0 Å². The van der Waals surface area contributed by atoms with Crippen molar-refractivity contribution in [1.29, 1.82) is 0 Å². The normalized spacial score (nSPS) is 12.9. The maximum Gasteiger partial charge on any atom is 0.0582 e. The standard InChI is InChI=1S/C12H19NO/c1-9-4-5-12(6-10(9)2)7-13-11(3)8-14/h4-6,11,13-14H,7-8H2,1-3H3/t11-/m1/s1. The Morgan fingerprint density at radius 2 is 2.00 bits per heavy atom. The molecule has 0 heterocycles. The number of benzene rings is 1. The maximum absolute atomic E-state index is 8.85. The van der Waals surface area contributed by atoms with Gasteiger partial charge in [0.2, 0.25) is 0 Å². The summed E-state index contributed by atoms with van der Waals surface area (Å²) in [5.41, 5.74) is 3.92. The van der Waals surface area contributed by atoms with Gasteiger partial charge in [-0.1, -0.05) is 18.2 Å². The third-order valence-corrected chi connectivity index (χ3v) is 2.50. The van der Waals surface area contributed by atoms with E-state index in [2.05, 4.69) is 37.4 Å². The Kier molecular flexibility index (Phi) is 4.11. The Labute approximate surface area is 86.0 Å². The molecule has 0 saturated heterocycles. The molecule has 2 nitrogen and oxygen atoms in total. The van der Waals surface area contributed by atoms with E-state index in [1.165, 1.54) is 16.7 Å². The van der Waals surface area contributed by atoms with Crippen LogP contribution < -0.4 is 5.32 Å². The first-order chi connectivity index (χ1) is 6.63. The number of aliphatic hydroxyl groups excluding tert-OH is 1. The first kappa shape index (κ1) is 11.2. The zero-order valence-corrected chi connectivity index (χ0v) is 9.17. The van der Waals surface area contributed by atoms with E-state index in [1.54, 1.807) is 0 Å². The van der Waals surface area contributed by atoms with Crippen LogP contribution in [-0.2, 0) is 6.54 Å². The average Bonchev–Trinajstić information content (AvgIpc) is 2.19. The second-order valence-electron chi connectivity index (χ2n) is 3.88. The molecule has 0 aliphatic heterocycles. The minimum absolute atomic E-state index is 0.164. The van der Waals surface area contributed by atoms with E-state index in [-0.39, 0.29) is 12.6 Å². The first-order valence-electron chi connectivity index (χ1n) is 5.04. The lowest BCUT2D eigenvalue weighted by Crippen LogP contribution is -2.28. The number of aliphatic hydroxyl groups is 1. The fourth-order valence-corrected chi connectivity index (χ4v) is 1.27. The fourth-order valence-electron chi connectivity index (χ4n) is 1.27. The molecule has 2 N–H and O–H groups in total. The van der Waals surface area contributed by atoms with Gasteiger partial charge in [-0.2, -0.15) is 0 Å². The smallest absolute Gasteiger partial charge is 0.0582 e. The molecule has 0 aromatic heterocycles. The molecular weight excluding hydrogens is 174 g/mol. The molecule has 0 unspecified atom stereocenters. The molecule has 14 heavy (non-hydrogen) atoms. The quantitative estimate of drug-likeness (QED) is 0.764. The summed E-state index contributed by atoms with van der Waals surface area (Å²) in [6.07, 6.45) is 0. The van der Waals surface area contributed by atoms with Crippen molar-refractivity contribution in [2.24, 2.45) is 0 Å². The van der Waals surface area contributed by atoms with Gasteiger partial charge < -0.3 is 10.4 Å². The van der Waals surface area contributed by atoms with Gasteiger partial charge in [-0.15, -0.1) is 0 Å². The van der Waals surface area contributed by atoms with Crippen molar-refractivity contribution in [3.05, 3.63) is 34.9 Å². The Morgan fingerprint density at radius 3 is 2.57 bits per heavy atom. The Hall–Kier alpha value is -0.860. The molecule has 2 heteroatoms. The predicted molar refractivity (Wildman–Crippen MR) is 59.3 cm³/mol. The van der Waals surface area contributed by atoms with Crippen LogP contribution in [0.3, 0.4) is 0 Å². The molecule has 0 fully saturated rings. The Morgan fingerprint density at radius 1 is 1.29 bits per heavy atom. The largest absolute Gasteiger partial charge is 0.395 e. The van der Waals surface area contributed by atoms with E-state index >= 15 is 0 Å². The summed E-state index contributed by atoms with van der Waals surface area (Å²) < 4.78 is 0. The molecule has 0 aliphatic rings.